The molecule has 25 heavy (non-hydrogen) atoms. The number of methoxy groups -OCH3 is 1. The highest BCUT2D eigenvalue weighted by atomic mass is 32.2. The molecule has 1 aliphatic rings. The molecule has 1 amide bonds. The van der Waals surface area contributed by atoms with E-state index >= 15 is 0 Å². The Balaban J connectivity index is 1.70. The van der Waals surface area contributed by atoms with Gasteiger partial charge in [0.25, 0.3) is 0 Å². The fourth-order valence-electron chi connectivity index (χ4n) is 2.40. The Morgan fingerprint density at radius 2 is 2.20 bits per heavy atom. The van der Waals surface area contributed by atoms with Gasteiger partial charge in [-0.3, -0.25) is 4.79 Å². The van der Waals surface area contributed by atoms with Crippen molar-refractivity contribution in [1.82, 2.24) is 4.98 Å². The normalized spacial score (nSPS) is 14.4. The van der Waals surface area contributed by atoms with Gasteiger partial charge in [-0.25, -0.2) is 4.98 Å². The van der Waals surface area contributed by atoms with Gasteiger partial charge in [-0.15, -0.1) is 0 Å². The minimum Gasteiger partial charge on any atom is -0.497 e. The third-order valence-corrected chi connectivity index (χ3v) is 5.09. The van der Waals surface area contributed by atoms with E-state index in [1.807, 2.05) is 31.2 Å². The number of thioether (sulfide) groups is 1. The molecule has 1 unspecified atom stereocenters. The molecular formula is C19H19N3O2S. The van der Waals surface area contributed by atoms with Crippen LogP contribution in [0.5, 0.6) is 5.75 Å². The molecule has 1 atom stereocenters. The van der Waals surface area contributed by atoms with E-state index in [9.17, 15) is 10.1 Å². The number of carbonyl (C=O) groups excluding carboxylic acids is 1. The second-order valence-electron chi connectivity index (χ2n) is 5.96. The Kier molecular flexibility index (Phi) is 5.25. The average Bonchev–Trinajstić information content (AvgIpc) is 3.47. The SMILES string of the molecule is COc1cccc(NC(=O)C(C)Sc2nc(C3CC3)ccc2C#N)c1. The van der Waals surface area contributed by atoms with Gasteiger partial charge in [0.15, 0.2) is 0 Å². The zero-order chi connectivity index (χ0) is 17.8. The maximum absolute atomic E-state index is 12.5. The van der Waals surface area contributed by atoms with Crippen LogP contribution in [0.25, 0.3) is 0 Å². The molecule has 0 radical (unpaired) electrons. The Morgan fingerprint density at radius 1 is 1.40 bits per heavy atom. The predicted molar refractivity (Wildman–Crippen MR) is 97.9 cm³/mol. The number of nitrogens with zero attached hydrogens (tertiary/aromatic N) is 2. The van der Waals surface area contributed by atoms with Gasteiger partial charge in [0.05, 0.1) is 17.9 Å². The molecule has 1 N–H and O–H groups in total. The van der Waals surface area contributed by atoms with Crippen LogP contribution in [0.4, 0.5) is 5.69 Å². The molecule has 0 spiro atoms. The Bertz CT molecular complexity index is 828. The lowest BCUT2D eigenvalue weighted by molar-refractivity contribution is -0.115. The fraction of sp³-hybridized carbons (Fsp3) is 0.316. The molecule has 1 heterocycles. The van der Waals surface area contributed by atoms with Gasteiger partial charge in [-0.05, 0) is 44.0 Å². The Morgan fingerprint density at radius 3 is 2.88 bits per heavy atom. The molecule has 1 aromatic heterocycles. The minimum absolute atomic E-state index is 0.138. The molecule has 1 saturated carbocycles. The van der Waals surface area contributed by atoms with E-state index in [0.717, 1.165) is 18.5 Å². The van der Waals surface area contributed by atoms with E-state index in [2.05, 4.69) is 16.4 Å². The summed E-state index contributed by atoms with van der Waals surface area (Å²) in [5.74, 6) is 1.05. The van der Waals surface area contributed by atoms with Crippen LogP contribution in [-0.2, 0) is 4.79 Å². The third kappa shape index (κ3) is 4.31. The van der Waals surface area contributed by atoms with Gasteiger partial charge < -0.3 is 10.1 Å². The molecule has 1 aliphatic carbocycles. The van der Waals surface area contributed by atoms with Crippen LogP contribution in [-0.4, -0.2) is 23.3 Å². The molecule has 0 saturated heterocycles. The summed E-state index contributed by atoms with van der Waals surface area (Å²) < 4.78 is 5.16. The highest BCUT2D eigenvalue weighted by Crippen LogP contribution is 2.40. The molecule has 128 valence electrons. The molecular weight excluding hydrogens is 334 g/mol. The molecule has 1 aromatic carbocycles. The lowest BCUT2D eigenvalue weighted by atomic mass is 10.2. The first kappa shape index (κ1) is 17.3. The topological polar surface area (TPSA) is 75.0 Å². The summed E-state index contributed by atoms with van der Waals surface area (Å²) >= 11 is 1.31. The summed E-state index contributed by atoms with van der Waals surface area (Å²) in [4.78, 5) is 17.1. The number of nitrogens with one attached hydrogen (secondary N) is 1. The number of anilines is 1. The first-order valence-electron chi connectivity index (χ1n) is 8.13. The number of carbonyl (C=O) groups is 1. The summed E-state index contributed by atoms with van der Waals surface area (Å²) in [7, 11) is 1.58. The van der Waals surface area contributed by atoms with E-state index in [0.29, 0.717) is 27.9 Å². The minimum atomic E-state index is -0.375. The van der Waals surface area contributed by atoms with Crippen LogP contribution in [0.2, 0.25) is 0 Å². The van der Waals surface area contributed by atoms with Crippen molar-refractivity contribution in [2.24, 2.45) is 0 Å². The standard InChI is InChI=1S/C19H19N3O2S/c1-12(18(23)21-15-4-3-5-16(10-15)24-2)25-19-14(11-20)8-9-17(22-19)13-6-7-13/h3-5,8-10,12-13H,6-7H2,1-2H3,(H,21,23). The predicted octanol–water partition coefficient (Wildman–Crippen LogP) is 3.96. The molecule has 3 rings (SSSR count). The lowest BCUT2D eigenvalue weighted by Gasteiger charge is -2.13. The Labute approximate surface area is 151 Å². The summed E-state index contributed by atoms with van der Waals surface area (Å²) in [6, 6.07) is 13.1. The van der Waals surface area contributed by atoms with E-state index < -0.39 is 0 Å². The Hall–Kier alpha value is -2.52. The quantitative estimate of drug-likeness (QED) is 0.796. The molecule has 1 fully saturated rings. The maximum Gasteiger partial charge on any atom is 0.237 e. The highest BCUT2D eigenvalue weighted by Gasteiger charge is 2.26. The number of rotatable bonds is 6. The van der Waals surface area contributed by atoms with Gasteiger partial charge in [0.2, 0.25) is 5.91 Å². The average molecular weight is 353 g/mol. The molecule has 0 aliphatic heterocycles. The zero-order valence-electron chi connectivity index (χ0n) is 14.2. The van der Waals surface area contributed by atoms with Gasteiger partial charge in [-0.1, -0.05) is 17.8 Å². The summed E-state index contributed by atoms with van der Waals surface area (Å²) in [5.41, 5.74) is 2.20. The number of hydrogen-bond donors (Lipinski definition) is 1. The van der Waals surface area contributed by atoms with Crippen molar-refractivity contribution < 1.29 is 9.53 Å². The second kappa shape index (κ2) is 7.58. The fourth-order valence-corrected chi connectivity index (χ4v) is 3.30. The number of ether oxygens (including phenoxy) is 1. The number of amides is 1. The van der Waals surface area contributed by atoms with Gasteiger partial charge >= 0.3 is 0 Å². The largest absolute Gasteiger partial charge is 0.497 e. The van der Waals surface area contributed by atoms with Crippen molar-refractivity contribution in [2.75, 3.05) is 12.4 Å². The van der Waals surface area contributed by atoms with Crippen molar-refractivity contribution in [2.45, 2.75) is 36.0 Å². The van der Waals surface area contributed by atoms with Crippen molar-refractivity contribution in [3.05, 3.63) is 47.7 Å². The first-order valence-corrected chi connectivity index (χ1v) is 9.01. The highest BCUT2D eigenvalue weighted by molar-refractivity contribution is 8.00. The zero-order valence-corrected chi connectivity index (χ0v) is 15.0. The van der Waals surface area contributed by atoms with Crippen LogP contribution in [0, 0.1) is 11.3 Å². The van der Waals surface area contributed by atoms with E-state index in [4.69, 9.17) is 4.74 Å². The molecule has 2 aromatic rings. The molecule has 5 nitrogen and oxygen atoms in total. The van der Waals surface area contributed by atoms with Crippen LogP contribution < -0.4 is 10.1 Å². The number of hydrogen-bond acceptors (Lipinski definition) is 5. The van der Waals surface area contributed by atoms with Crippen molar-refractivity contribution in [1.29, 1.82) is 5.26 Å². The summed E-state index contributed by atoms with van der Waals surface area (Å²) in [5, 5.41) is 12.4. The van der Waals surface area contributed by atoms with Crippen molar-refractivity contribution in [3.8, 4) is 11.8 Å². The van der Waals surface area contributed by atoms with Gasteiger partial charge in [0, 0.05) is 23.4 Å². The van der Waals surface area contributed by atoms with Crippen LogP contribution >= 0.6 is 11.8 Å². The summed E-state index contributed by atoms with van der Waals surface area (Å²) in [6.45, 7) is 1.81. The number of aromatic nitrogens is 1. The van der Waals surface area contributed by atoms with Gasteiger partial charge in [-0.2, -0.15) is 5.26 Å². The van der Waals surface area contributed by atoms with Crippen molar-refractivity contribution in [3.63, 3.8) is 0 Å². The van der Waals surface area contributed by atoms with E-state index in [-0.39, 0.29) is 11.2 Å². The van der Waals surface area contributed by atoms with E-state index in [1.54, 1.807) is 19.2 Å². The third-order valence-electron chi connectivity index (χ3n) is 3.99. The molecule has 0 bridgehead atoms. The van der Waals surface area contributed by atoms with Gasteiger partial charge in [0.1, 0.15) is 16.8 Å². The second-order valence-corrected chi connectivity index (χ2v) is 7.29. The number of benzene rings is 1. The molecule has 6 heteroatoms. The summed E-state index contributed by atoms with van der Waals surface area (Å²) in [6.07, 6.45) is 2.30. The van der Waals surface area contributed by atoms with Crippen LogP contribution in [0.15, 0.2) is 41.4 Å². The van der Waals surface area contributed by atoms with Crippen molar-refractivity contribution >= 4 is 23.4 Å². The van der Waals surface area contributed by atoms with E-state index in [1.165, 1.54) is 11.8 Å². The number of pyridine rings is 1. The lowest BCUT2D eigenvalue weighted by Crippen LogP contribution is -2.22. The van der Waals surface area contributed by atoms with Crippen LogP contribution in [0.3, 0.4) is 0 Å². The number of nitriles is 1. The monoisotopic (exact) mass is 353 g/mol. The maximum atomic E-state index is 12.5. The first-order chi connectivity index (χ1) is 12.1. The van der Waals surface area contributed by atoms with Crippen LogP contribution in [0.1, 0.15) is 36.9 Å². The smallest absolute Gasteiger partial charge is 0.237 e.